The Morgan fingerprint density at radius 1 is 1.59 bits per heavy atom. The monoisotopic (exact) mass is 264 g/mol. The Hall–Kier alpha value is -0.760. The molecule has 9 heteroatoms. The van der Waals surface area contributed by atoms with Crippen LogP contribution in [0.2, 0.25) is 0 Å². The fourth-order valence-corrected chi connectivity index (χ4v) is 2.00. The number of aromatic nitrogens is 2. The first-order valence-electron chi connectivity index (χ1n) is 4.97. The minimum Gasteiger partial charge on any atom is -0.390 e. The van der Waals surface area contributed by atoms with E-state index in [9.17, 15) is 9.67 Å². The molecule has 3 atom stereocenters. The fraction of sp³-hybridized carbons (Fsp3) is 0.625. The molecule has 2 heterocycles. The molecule has 0 aromatic carbocycles. The Morgan fingerprint density at radius 3 is 2.94 bits per heavy atom. The summed E-state index contributed by atoms with van der Waals surface area (Å²) >= 11 is 0. The minimum atomic E-state index is -4.53. The maximum absolute atomic E-state index is 10.5. The topological polar surface area (TPSA) is 114 Å². The van der Waals surface area contributed by atoms with Crippen LogP contribution in [0.25, 0.3) is 0 Å². The van der Waals surface area contributed by atoms with Crippen molar-refractivity contribution in [2.24, 2.45) is 0 Å². The van der Waals surface area contributed by atoms with Gasteiger partial charge in [-0.15, -0.1) is 0 Å². The van der Waals surface area contributed by atoms with Crippen molar-refractivity contribution in [3.8, 4) is 0 Å². The van der Waals surface area contributed by atoms with Crippen LogP contribution in [0.15, 0.2) is 18.7 Å². The number of ether oxygens (including phenoxy) is 1. The normalized spacial score (nSPS) is 29.7. The Kier molecular flexibility index (Phi) is 3.62. The van der Waals surface area contributed by atoms with E-state index in [-0.39, 0.29) is 6.61 Å². The zero-order chi connectivity index (χ0) is 12.5. The molecule has 17 heavy (non-hydrogen) atoms. The molecule has 1 aromatic rings. The van der Waals surface area contributed by atoms with Crippen LogP contribution in [-0.4, -0.2) is 43.3 Å². The second-order valence-electron chi connectivity index (χ2n) is 3.73. The number of phosphoric ester groups is 1. The average Bonchev–Trinajstić information content (AvgIpc) is 2.82. The van der Waals surface area contributed by atoms with Crippen LogP contribution in [0.5, 0.6) is 0 Å². The molecular weight excluding hydrogens is 251 g/mol. The summed E-state index contributed by atoms with van der Waals surface area (Å²) in [6.07, 6.45) is 3.16. The molecule has 0 bridgehead atoms. The molecule has 0 spiro atoms. The lowest BCUT2D eigenvalue weighted by molar-refractivity contribution is -0.0435. The number of aliphatic hydroxyl groups is 1. The van der Waals surface area contributed by atoms with Crippen molar-refractivity contribution in [3.05, 3.63) is 18.7 Å². The van der Waals surface area contributed by atoms with Gasteiger partial charge in [0.2, 0.25) is 0 Å². The number of imidazole rings is 1. The lowest BCUT2D eigenvalue weighted by atomic mass is 10.2. The highest BCUT2D eigenvalue weighted by atomic mass is 31.2. The molecule has 1 aliphatic heterocycles. The van der Waals surface area contributed by atoms with Crippen LogP contribution >= 0.6 is 7.82 Å². The van der Waals surface area contributed by atoms with Gasteiger partial charge in [-0.05, 0) is 0 Å². The summed E-state index contributed by atoms with van der Waals surface area (Å²) in [6, 6.07) is 0. The van der Waals surface area contributed by atoms with Gasteiger partial charge in [-0.3, -0.25) is 4.52 Å². The summed E-state index contributed by atoms with van der Waals surface area (Å²) in [6.45, 7) is -0.351. The van der Waals surface area contributed by atoms with E-state index in [2.05, 4.69) is 9.51 Å². The molecule has 0 unspecified atom stereocenters. The van der Waals surface area contributed by atoms with Gasteiger partial charge >= 0.3 is 7.82 Å². The number of aliphatic hydroxyl groups excluding tert-OH is 1. The van der Waals surface area contributed by atoms with E-state index in [0.717, 1.165) is 0 Å². The highest BCUT2D eigenvalue weighted by molar-refractivity contribution is 7.46. The van der Waals surface area contributed by atoms with Crippen LogP contribution in [0.4, 0.5) is 0 Å². The second kappa shape index (κ2) is 4.85. The Bertz CT molecular complexity index is 404. The van der Waals surface area contributed by atoms with Crippen molar-refractivity contribution in [3.63, 3.8) is 0 Å². The van der Waals surface area contributed by atoms with Crippen LogP contribution in [0.1, 0.15) is 12.6 Å². The van der Waals surface area contributed by atoms with Crippen molar-refractivity contribution < 1.29 is 28.7 Å². The van der Waals surface area contributed by atoms with Crippen molar-refractivity contribution in [2.45, 2.75) is 24.9 Å². The summed E-state index contributed by atoms with van der Waals surface area (Å²) in [5.74, 6) is 0. The lowest BCUT2D eigenvalue weighted by Gasteiger charge is -2.15. The molecule has 3 N–H and O–H groups in total. The maximum atomic E-state index is 10.5. The number of rotatable bonds is 4. The van der Waals surface area contributed by atoms with E-state index in [1.165, 1.54) is 0 Å². The molecule has 1 aliphatic rings. The number of hydrogen-bond donors (Lipinski definition) is 3. The van der Waals surface area contributed by atoms with E-state index in [4.69, 9.17) is 14.5 Å². The molecule has 0 radical (unpaired) electrons. The Morgan fingerprint density at radius 2 is 2.35 bits per heavy atom. The molecule has 96 valence electrons. The highest BCUT2D eigenvalue weighted by Crippen LogP contribution is 2.38. The number of phosphoric acid groups is 1. The van der Waals surface area contributed by atoms with Crippen molar-refractivity contribution in [1.82, 2.24) is 9.55 Å². The standard InChI is InChI=1S/C8H13N2O6P/c11-6-3-8(10-2-1-9-5-10)16-7(6)4-15-17(12,13)14/h1-2,5-8,11H,3-4H2,(H2,12,13,14)/t6-,7+,8+/m0/s1. The summed E-state index contributed by atoms with van der Waals surface area (Å²) in [7, 11) is -4.53. The number of nitrogens with zero attached hydrogens (tertiary/aromatic N) is 2. The second-order valence-corrected chi connectivity index (χ2v) is 4.97. The van der Waals surface area contributed by atoms with Gasteiger partial charge in [0.05, 0.1) is 19.0 Å². The van der Waals surface area contributed by atoms with Gasteiger partial charge in [0.1, 0.15) is 12.3 Å². The van der Waals surface area contributed by atoms with Gasteiger partial charge in [-0.1, -0.05) is 0 Å². The van der Waals surface area contributed by atoms with Gasteiger partial charge in [-0.25, -0.2) is 9.55 Å². The number of hydrogen-bond acceptors (Lipinski definition) is 5. The third-order valence-electron chi connectivity index (χ3n) is 2.47. The van der Waals surface area contributed by atoms with E-state index in [1.54, 1.807) is 23.3 Å². The van der Waals surface area contributed by atoms with Gasteiger partial charge < -0.3 is 24.2 Å². The smallest absolute Gasteiger partial charge is 0.390 e. The molecule has 1 aromatic heterocycles. The van der Waals surface area contributed by atoms with Gasteiger partial charge in [0.25, 0.3) is 0 Å². The Balaban J connectivity index is 1.92. The predicted octanol–water partition coefficient (Wildman–Crippen LogP) is -0.359. The predicted molar refractivity (Wildman–Crippen MR) is 54.8 cm³/mol. The van der Waals surface area contributed by atoms with E-state index in [1.807, 2.05) is 0 Å². The molecule has 1 fully saturated rings. The third kappa shape index (κ3) is 3.35. The quantitative estimate of drug-likeness (QED) is 0.636. The van der Waals surface area contributed by atoms with Gasteiger partial charge in [-0.2, -0.15) is 0 Å². The summed E-state index contributed by atoms with van der Waals surface area (Å²) < 4.78 is 21.9. The lowest BCUT2D eigenvalue weighted by Crippen LogP contribution is -2.25. The van der Waals surface area contributed by atoms with E-state index >= 15 is 0 Å². The maximum Gasteiger partial charge on any atom is 0.469 e. The highest BCUT2D eigenvalue weighted by Gasteiger charge is 2.36. The van der Waals surface area contributed by atoms with Crippen molar-refractivity contribution in [2.75, 3.05) is 6.61 Å². The molecule has 0 saturated carbocycles. The average molecular weight is 264 g/mol. The fourth-order valence-electron chi connectivity index (χ4n) is 1.66. The largest absolute Gasteiger partial charge is 0.469 e. The summed E-state index contributed by atoms with van der Waals surface area (Å²) in [5, 5.41) is 9.66. The zero-order valence-corrected chi connectivity index (χ0v) is 9.68. The van der Waals surface area contributed by atoms with E-state index < -0.39 is 26.3 Å². The molecule has 2 rings (SSSR count). The van der Waals surface area contributed by atoms with Crippen molar-refractivity contribution >= 4 is 7.82 Å². The molecule has 0 amide bonds. The first-order chi connectivity index (χ1) is 7.96. The van der Waals surface area contributed by atoms with Crippen LogP contribution in [0.3, 0.4) is 0 Å². The van der Waals surface area contributed by atoms with Gasteiger partial charge in [0.15, 0.2) is 0 Å². The molecule has 0 aliphatic carbocycles. The molecule has 1 saturated heterocycles. The van der Waals surface area contributed by atoms with E-state index in [0.29, 0.717) is 6.42 Å². The van der Waals surface area contributed by atoms with Crippen molar-refractivity contribution in [1.29, 1.82) is 0 Å². The SMILES string of the molecule is O=P(O)(O)OC[C@H]1O[C@@H](n2ccnc2)C[C@@H]1O. The molecule has 8 nitrogen and oxygen atoms in total. The molecular formula is C8H13N2O6P. The summed E-state index contributed by atoms with van der Waals surface area (Å²) in [5.41, 5.74) is 0. The van der Waals surface area contributed by atoms with Crippen LogP contribution < -0.4 is 0 Å². The Labute approximate surface area is 97.0 Å². The zero-order valence-electron chi connectivity index (χ0n) is 8.79. The minimum absolute atomic E-state index is 0.325. The summed E-state index contributed by atoms with van der Waals surface area (Å²) in [4.78, 5) is 20.9. The van der Waals surface area contributed by atoms with Crippen LogP contribution in [-0.2, 0) is 13.8 Å². The first kappa shape index (κ1) is 12.7. The van der Waals surface area contributed by atoms with Gasteiger partial charge in [0, 0.05) is 18.8 Å². The van der Waals surface area contributed by atoms with Crippen LogP contribution in [0, 0.1) is 0 Å². The third-order valence-corrected chi connectivity index (χ3v) is 2.95. The first-order valence-corrected chi connectivity index (χ1v) is 6.50.